The van der Waals surface area contributed by atoms with Crippen LogP contribution in [0.2, 0.25) is 0 Å². The number of hydrogen-bond acceptors (Lipinski definition) is 4. The molecule has 1 heterocycles. The van der Waals surface area contributed by atoms with Gasteiger partial charge in [-0.05, 0) is 49.6 Å². The van der Waals surface area contributed by atoms with Crippen molar-refractivity contribution in [2.75, 3.05) is 26.8 Å². The number of ether oxygens (including phenoxy) is 2. The number of para-hydroxylation sites is 1. The van der Waals surface area contributed by atoms with Crippen LogP contribution in [-0.4, -0.2) is 49.6 Å². The summed E-state index contributed by atoms with van der Waals surface area (Å²) >= 11 is 0. The number of rotatable bonds is 8. The SMILES string of the molecule is COc1cccc(C(=O)N2CCC(NC(=O)CCCOc3ccccc3)CC2)c1. The molecule has 1 saturated heterocycles. The lowest BCUT2D eigenvalue weighted by Gasteiger charge is -2.32. The Morgan fingerprint density at radius 2 is 1.76 bits per heavy atom. The lowest BCUT2D eigenvalue weighted by atomic mass is 10.0. The Hall–Kier alpha value is -3.02. The zero-order valence-electron chi connectivity index (χ0n) is 16.8. The molecule has 1 aliphatic heterocycles. The number of benzene rings is 2. The highest BCUT2D eigenvalue weighted by atomic mass is 16.5. The third kappa shape index (κ3) is 6.24. The first-order valence-electron chi connectivity index (χ1n) is 10.1. The molecule has 6 nitrogen and oxygen atoms in total. The normalized spacial score (nSPS) is 14.3. The summed E-state index contributed by atoms with van der Waals surface area (Å²) in [6, 6.07) is 16.9. The Morgan fingerprint density at radius 1 is 1.03 bits per heavy atom. The van der Waals surface area contributed by atoms with Crippen LogP contribution in [0.15, 0.2) is 54.6 Å². The Bertz CT molecular complexity index is 802. The predicted molar refractivity (Wildman–Crippen MR) is 111 cm³/mol. The van der Waals surface area contributed by atoms with Gasteiger partial charge in [0.2, 0.25) is 5.91 Å². The van der Waals surface area contributed by atoms with Crippen molar-refractivity contribution in [2.24, 2.45) is 0 Å². The summed E-state index contributed by atoms with van der Waals surface area (Å²) in [5, 5.41) is 3.08. The van der Waals surface area contributed by atoms with Gasteiger partial charge in [-0.25, -0.2) is 0 Å². The molecule has 1 aliphatic rings. The summed E-state index contributed by atoms with van der Waals surface area (Å²) in [7, 11) is 1.59. The van der Waals surface area contributed by atoms with Crippen LogP contribution in [0, 0.1) is 0 Å². The van der Waals surface area contributed by atoms with E-state index >= 15 is 0 Å². The van der Waals surface area contributed by atoms with E-state index in [0.29, 0.717) is 43.9 Å². The van der Waals surface area contributed by atoms with Crippen molar-refractivity contribution in [3.05, 3.63) is 60.2 Å². The summed E-state index contributed by atoms with van der Waals surface area (Å²) in [4.78, 5) is 26.7. The van der Waals surface area contributed by atoms with Gasteiger partial charge in [0.05, 0.1) is 13.7 Å². The summed E-state index contributed by atoms with van der Waals surface area (Å²) in [6.45, 7) is 1.79. The van der Waals surface area contributed by atoms with Gasteiger partial charge in [-0.3, -0.25) is 9.59 Å². The summed E-state index contributed by atoms with van der Waals surface area (Å²) in [6.07, 6.45) is 2.65. The Balaban J connectivity index is 1.35. The van der Waals surface area contributed by atoms with Crippen LogP contribution in [-0.2, 0) is 4.79 Å². The Kier molecular flexibility index (Phi) is 7.50. The van der Waals surface area contributed by atoms with Gasteiger partial charge in [0.25, 0.3) is 5.91 Å². The molecule has 6 heteroatoms. The molecule has 0 bridgehead atoms. The van der Waals surface area contributed by atoms with Crippen molar-refractivity contribution in [1.82, 2.24) is 10.2 Å². The fraction of sp³-hybridized carbons (Fsp3) is 0.391. The minimum Gasteiger partial charge on any atom is -0.497 e. The van der Waals surface area contributed by atoms with E-state index < -0.39 is 0 Å². The quantitative estimate of drug-likeness (QED) is 0.696. The van der Waals surface area contributed by atoms with Crippen molar-refractivity contribution in [3.8, 4) is 11.5 Å². The molecular weight excluding hydrogens is 368 g/mol. The van der Waals surface area contributed by atoms with Gasteiger partial charge in [-0.15, -0.1) is 0 Å². The van der Waals surface area contributed by atoms with Gasteiger partial charge in [-0.2, -0.15) is 0 Å². The van der Waals surface area contributed by atoms with Crippen LogP contribution in [0.1, 0.15) is 36.0 Å². The average molecular weight is 396 g/mol. The summed E-state index contributed by atoms with van der Waals surface area (Å²) in [5.41, 5.74) is 0.630. The first-order valence-corrected chi connectivity index (χ1v) is 10.1. The van der Waals surface area contributed by atoms with E-state index in [4.69, 9.17) is 9.47 Å². The lowest BCUT2D eigenvalue weighted by molar-refractivity contribution is -0.122. The molecule has 29 heavy (non-hydrogen) atoms. The van der Waals surface area contributed by atoms with Gasteiger partial charge in [-0.1, -0.05) is 24.3 Å². The number of piperidine rings is 1. The minimum atomic E-state index is 0.00624. The smallest absolute Gasteiger partial charge is 0.253 e. The van der Waals surface area contributed by atoms with E-state index in [1.54, 1.807) is 19.2 Å². The predicted octanol–water partition coefficient (Wildman–Crippen LogP) is 3.28. The zero-order chi connectivity index (χ0) is 20.5. The fourth-order valence-corrected chi connectivity index (χ4v) is 3.40. The molecule has 1 N–H and O–H groups in total. The molecule has 154 valence electrons. The first kappa shape index (κ1) is 20.7. The highest BCUT2D eigenvalue weighted by Crippen LogP contribution is 2.18. The highest BCUT2D eigenvalue weighted by molar-refractivity contribution is 5.94. The summed E-state index contributed by atoms with van der Waals surface area (Å²) < 4.78 is 10.8. The maximum atomic E-state index is 12.7. The van der Waals surface area contributed by atoms with Crippen molar-refractivity contribution in [1.29, 1.82) is 0 Å². The van der Waals surface area contributed by atoms with E-state index in [-0.39, 0.29) is 17.9 Å². The second-order valence-electron chi connectivity index (χ2n) is 7.13. The van der Waals surface area contributed by atoms with Crippen molar-refractivity contribution in [2.45, 2.75) is 31.7 Å². The minimum absolute atomic E-state index is 0.00624. The molecule has 0 aliphatic carbocycles. The molecule has 3 rings (SSSR count). The van der Waals surface area contributed by atoms with Crippen LogP contribution < -0.4 is 14.8 Å². The van der Waals surface area contributed by atoms with Crippen molar-refractivity contribution < 1.29 is 19.1 Å². The number of likely N-dealkylation sites (tertiary alicyclic amines) is 1. The molecule has 0 atom stereocenters. The van der Waals surface area contributed by atoms with Crippen molar-refractivity contribution in [3.63, 3.8) is 0 Å². The molecule has 0 spiro atoms. The van der Waals surface area contributed by atoms with E-state index in [0.717, 1.165) is 18.6 Å². The second-order valence-corrected chi connectivity index (χ2v) is 7.13. The third-order valence-electron chi connectivity index (χ3n) is 5.02. The Morgan fingerprint density at radius 3 is 2.48 bits per heavy atom. The van der Waals surface area contributed by atoms with Crippen molar-refractivity contribution >= 4 is 11.8 Å². The topological polar surface area (TPSA) is 67.9 Å². The number of hydrogen-bond donors (Lipinski definition) is 1. The third-order valence-corrected chi connectivity index (χ3v) is 5.02. The maximum Gasteiger partial charge on any atom is 0.253 e. The number of carbonyl (C=O) groups excluding carboxylic acids is 2. The molecule has 0 radical (unpaired) electrons. The van der Waals surface area contributed by atoms with Gasteiger partial charge in [0.15, 0.2) is 0 Å². The standard InChI is InChI=1S/C23H28N2O4/c1-28-21-10-5-7-18(17-21)23(27)25-14-12-19(13-15-25)24-22(26)11-6-16-29-20-8-3-2-4-9-20/h2-5,7-10,17,19H,6,11-16H2,1H3,(H,24,26). The van der Waals surface area contributed by atoms with Crippen LogP contribution in [0.25, 0.3) is 0 Å². The molecule has 2 aromatic rings. The Labute approximate surface area is 171 Å². The van der Waals surface area contributed by atoms with E-state index in [1.165, 1.54) is 0 Å². The maximum absolute atomic E-state index is 12.7. The number of amides is 2. The molecule has 0 saturated carbocycles. The summed E-state index contributed by atoms with van der Waals surface area (Å²) in [5.74, 6) is 1.54. The molecule has 0 aromatic heterocycles. The number of methoxy groups -OCH3 is 1. The van der Waals surface area contributed by atoms with E-state index in [1.807, 2.05) is 47.4 Å². The van der Waals surface area contributed by atoms with Crippen LogP contribution in [0.4, 0.5) is 0 Å². The van der Waals surface area contributed by atoms with Crippen LogP contribution >= 0.6 is 0 Å². The molecule has 1 fully saturated rings. The fourth-order valence-electron chi connectivity index (χ4n) is 3.40. The van der Waals surface area contributed by atoms with Gasteiger partial charge in [0, 0.05) is 31.1 Å². The van der Waals surface area contributed by atoms with Gasteiger partial charge >= 0.3 is 0 Å². The monoisotopic (exact) mass is 396 g/mol. The molecule has 0 unspecified atom stereocenters. The zero-order valence-corrected chi connectivity index (χ0v) is 16.8. The average Bonchev–Trinajstić information content (AvgIpc) is 2.77. The van der Waals surface area contributed by atoms with Gasteiger partial charge < -0.3 is 19.7 Å². The van der Waals surface area contributed by atoms with Gasteiger partial charge in [0.1, 0.15) is 11.5 Å². The van der Waals surface area contributed by atoms with E-state index in [2.05, 4.69) is 5.32 Å². The largest absolute Gasteiger partial charge is 0.497 e. The highest BCUT2D eigenvalue weighted by Gasteiger charge is 2.24. The molecule has 2 aromatic carbocycles. The first-order chi connectivity index (χ1) is 14.2. The van der Waals surface area contributed by atoms with E-state index in [9.17, 15) is 9.59 Å². The van der Waals surface area contributed by atoms with Crippen LogP contribution in [0.5, 0.6) is 11.5 Å². The number of carbonyl (C=O) groups is 2. The molecular formula is C23H28N2O4. The molecule has 2 amide bonds. The number of nitrogens with zero attached hydrogens (tertiary/aromatic N) is 1. The second kappa shape index (κ2) is 10.5. The lowest BCUT2D eigenvalue weighted by Crippen LogP contribution is -2.46. The van der Waals surface area contributed by atoms with Crippen LogP contribution in [0.3, 0.4) is 0 Å². The number of nitrogens with one attached hydrogen (secondary N) is 1.